The molecular formula is C13H18BrNO5S. The predicted molar refractivity (Wildman–Crippen MR) is 81.7 cm³/mol. The van der Waals surface area contributed by atoms with Gasteiger partial charge in [0.15, 0.2) is 0 Å². The average Bonchev–Trinajstić information content (AvgIpc) is 2.43. The number of carbonyl (C=O) groups is 1. The van der Waals surface area contributed by atoms with E-state index in [1.54, 1.807) is 19.9 Å². The Bertz CT molecular complexity index is 615. The SMILES string of the molecule is COC(=O)[C@H](NS(=O)(=O)c1cc(Br)ccc1OC)C(C)C. The lowest BCUT2D eigenvalue weighted by molar-refractivity contribution is -0.143. The zero-order valence-corrected chi connectivity index (χ0v) is 14.6. The highest BCUT2D eigenvalue weighted by molar-refractivity contribution is 9.10. The van der Waals surface area contributed by atoms with Crippen LogP contribution in [0.5, 0.6) is 5.75 Å². The van der Waals surface area contributed by atoms with Crippen molar-refractivity contribution < 1.29 is 22.7 Å². The maximum Gasteiger partial charge on any atom is 0.324 e. The van der Waals surface area contributed by atoms with E-state index in [4.69, 9.17) is 4.74 Å². The lowest BCUT2D eigenvalue weighted by Gasteiger charge is -2.20. The van der Waals surface area contributed by atoms with Gasteiger partial charge in [-0.3, -0.25) is 4.79 Å². The van der Waals surface area contributed by atoms with E-state index < -0.39 is 22.0 Å². The lowest BCUT2D eigenvalue weighted by atomic mass is 10.1. The Morgan fingerprint density at radius 3 is 2.38 bits per heavy atom. The largest absolute Gasteiger partial charge is 0.495 e. The number of hydrogen-bond acceptors (Lipinski definition) is 5. The minimum Gasteiger partial charge on any atom is -0.495 e. The van der Waals surface area contributed by atoms with Gasteiger partial charge >= 0.3 is 5.97 Å². The normalized spacial score (nSPS) is 13.0. The standard InChI is InChI=1S/C13H18BrNO5S/c1-8(2)12(13(16)20-4)15-21(17,18)11-7-9(14)5-6-10(11)19-3/h5-8,12,15H,1-4H3/t12-/m1/s1. The highest BCUT2D eigenvalue weighted by Crippen LogP contribution is 2.27. The fourth-order valence-electron chi connectivity index (χ4n) is 1.67. The summed E-state index contributed by atoms with van der Waals surface area (Å²) in [7, 11) is -1.34. The highest BCUT2D eigenvalue weighted by Gasteiger charge is 2.30. The maximum atomic E-state index is 12.5. The van der Waals surface area contributed by atoms with Gasteiger partial charge in [-0.15, -0.1) is 0 Å². The Hall–Kier alpha value is -1.12. The molecule has 0 aliphatic carbocycles. The van der Waals surface area contributed by atoms with Crippen LogP contribution in [-0.4, -0.2) is 34.6 Å². The van der Waals surface area contributed by atoms with Crippen LogP contribution in [0.15, 0.2) is 27.6 Å². The van der Waals surface area contributed by atoms with Crippen molar-refractivity contribution in [3.8, 4) is 5.75 Å². The molecule has 0 radical (unpaired) electrons. The summed E-state index contributed by atoms with van der Waals surface area (Å²) in [6.45, 7) is 3.45. The monoisotopic (exact) mass is 379 g/mol. The fourth-order valence-corrected chi connectivity index (χ4v) is 3.72. The van der Waals surface area contributed by atoms with Gasteiger partial charge in [-0.05, 0) is 24.1 Å². The van der Waals surface area contributed by atoms with Gasteiger partial charge in [0.05, 0.1) is 14.2 Å². The quantitative estimate of drug-likeness (QED) is 0.763. The van der Waals surface area contributed by atoms with E-state index in [0.717, 1.165) is 0 Å². The first-order valence-electron chi connectivity index (χ1n) is 6.16. The molecule has 0 saturated carbocycles. The van der Waals surface area contributed by atoms with Crippen LogP contribution in [0.4, 0.5) is 0 Å². The number of rotatable bonds is 6. The van der Waals surface area contributed by atoms with Crippen molar-refractivity contribution in [2.75, 3.05) is 14.2 Å². The van der Waals surface area contributed by atoms with Crippen LogP contribution in [0.25, 0.3) is 0 Å². The number of halogens is 1. The molecule has 21 heavy (non-hydrogen) atoms. The van der Waals surface area contributed by atoms with Crippen LogP contribution in [-0.2, 0) is 19.6 Å². The van der Waals surface area contributed by atoms with E-state index in [1.807, 2.05) is 0 Å². The molecule has 1 rings (SSSR count). The van der Waals surface area contributed by atoms with Gasteiger partial charge in [-0.25, -0.2) is 8.42 Å². The molecule has 1 atom stereocenters. The number of methoxy groups -OCH3 is 2. The minimum atomic E-state index is -3.93. The van der Waals surface area contributed by atoms with Gasteiger partial charge in [-0.2, -0.15) is 4.72 Å². The van der Waals surface area contributed by atoms with E-state index in [0.29, 0.717) is 4.47 Å². The molecule has 0 aliphatic heterocycles. The molecule has 0 heterocycles. The second-order valence-electron chi connectivity index (χ2n) is 4.66. The lowest BCUT2D eigenvalue weighted by Crippen LogP contribution is -2.44. The Morgan fingerprint density at radius 1 is 1.29 bits per heavy atom. The summed E-state index contributed by atoms with van der Waals surface area (Å²) in [5.74, 6) is -0.703. The van der Waals surface area contributed by atoms with Gasteiger partial charge in [0.25, 0.3) is 0 Å². The summed E-state index contributed by atoms with van der Waals surface area (Å²) in [4.78, 5) is 11.6. The molecule has 1 aromatic rings. The number of benzene rings is 1. The van der Waals surface area contributed by atoms with E-state index in [2.05, 4.69) is 25.4 Å². The number of hydrogen-bond donors (Lipinski definition) is 1. The highest BCUT2D eigenvalue weighted by atomic mass is 79.9. The number of esters is 1. The van der Waals surface area contributed by atoms with Crippen LogP contribution < -0.4 is 9.46 Å². The third-order valence-electron chi connectivity index (χ3n) is 2.82. The maximum absolute atomic E-state index is 12.5. The van der Waals surface area contributed by atoms with Crippen molar-refractivity contribution in [2.24, 2.45) is 5.92 Å². The molecule has 0 bridgehead atoms. The third-order valence-corrected chi connectivity index (χ3v) is 4.77. The molecule has 1 N–H and O–H groups in total. The average molecular weight is 380 g/mol. The van der Waals surface area contributed by atoms with Crippen molar-refractivity contribution in [1.29, 1.82) is 0 Å². The minimum absolute atomic E-state index is 0.0473. The van der Waals surface area contributed by atoms with Crippen molar-refractivity contribution in [3.63, 3.8) is 0 Å². The number of nitrogens with one attached hydrogen (secondary N) is 1. The Labute approximate surface area is 133 Å². The summed E-state index contributed by atoms with van der Waals surface area (Å²) < 4.78 is 37.6. The predicted octanol–water partition coefficient (Wildman–Crippen LogP) is 1.93. The second-order valence-corrected chi connectivity index (χ2v) is 7.26. The van der Waals surface area contributed by atoms with Gasteiger partial charge in [0.2, 0.25) is 10.0 Å². The first kappa shape index (κ1) is 17.9. The van der Waals surface area contributed by atoms with Crippen LogP contribution in [0, 0.1) is 5.92 Å². The first-order chi connectivity index (χ1) is 9.72. The van der Waals surface area contributed by atoms with E-state index in [9.17, 15) is 13.2 Å². The number of carbonyl (C=O) groups excluding carboxylic acids is 1. The zero-order valence-electron chi connectivity index (χ0n) is 12.2. The number of sulfonamides is 1. The van der Waals surface area contributed by atoms with Gasteiger partial charge in [0.1, 0.15) is 16.7 Å². The summed E-state index contributed by atoms with van der Waals surface area (Å²) >= 11 is 3.22. The molecule has 0 aliphatic rings. The zero-order chi connectivity index (χ0) is 16.2. The first-order valence-corrected chi connectivity index (χ1v) is 8.44. The molecule has 0 fully saturated rings. The molecule has 0 unspecified atom stereocenters. The van der Waals surface area contributed by atoms with Gasteiger partial charge in [0, 0.05) is 4.47 Å². The third kappa shape index (κ3) is 4.42. The van der Waals surface area contributed by atoms with Crippen molar-refractivity contribution in [3.05, 3.63) is 22.7 Å². The summed E-state index contributed by atoms with van der Waals surface area (Å²) in [5, 5.41) is 0. The summed E-state index contributed by atoms with van der Waals surface area (Å²) in [6.07, 6.45) is 0. The Kier molecular flexibility index (Phi) is 6.18. The van der Waals surface area contributed by atoms with Gasteiger partial charge < -0.3 is 9.47 Å². The second kappa shape index (κ2) is 7.24. The van der Waals surface area contributed by atoms with Gasteiger partial charge in [-0.1, -0.05) is 29.8 Å². The molecule has 0 aromatic heterocycles. The van der Waals surface area contributed by atoms with E-state index in [-0.39, 0.29) is 16.6 Å². The summed E-state index contributed by atoms with van der Waals surface area (Å²) in [5.41, 5.74) is 0. The molecule has 6 nitrogen and oxygen atoms in total. The topological polar surface area (TPSA) is 81.7 Å². The molecule has 8 heteroatoms. The number of ether oxygens (including phenoxy) is 2. The Morgan fingerprint density at radius 2 is 1.90 bits per heavy atom. The molecule has 1 aromatic carbocycles. The van der Waals surface area contributed by atoms with Crippen molar-refractivity contribution >= 4 is 31.9 Å². The van der Waals surface area contributed by atoms with Crippen LogP contribution in [0.3, 0.4) is 0 Å². The van der Waals surface area contributed by atoms with E-state index in [1.165, 1.54) is 26.4 Å². The Balaban J connectivity index is 3.22. The fraction of sp³-hybridized carbons (Fsp3) is 0.462. The smallest absolute Gasteiger partial charge is 0.324 e. The van der Waals surface area contributed by atoms with Crippen molar-refractivity contribution in [2.45, 2.75) is 24.8 Å². The summed E-state index contributed by atoms with van der Waals surface area (Å²) in [6, 6.07) is 3.64. The van der Waals surface area contributed by atoms with Crippen molar-refractivity contribution in [1.82, 2.24) is 4.72 Å². The van der Waals surface area contributed by atoms with Crippen LogP contribution in [0.2, 0.25) is 0 Å². The molecule has 0 amide bonds. The molecule has 118 valence electrons. The molecule has 0 saturated heterocycles. The molecule has 0 spiro atoms. The van der Waals surface area contributed by atoms with Crippen LogP contribution in [0.1, 0.15) is 13.8 Å². The van der Waals surface area contributed by atoms with E-state index >= 15 is 0 Å². The molecular weight excluding hydrogens is 362 g/mol. The van der Waals surface area contributed by atoms with Crippen LogP contribution >= 0.6 is 15.9 Å².